The molecule has 1 aromatic heterocycles. The standard InChI is InChI=1S/C20H19N3O2/c1-15(8-11-19-7-4-12-25-19)22-23-20(24)14-21-18-10-9-16-5-2-3-6-17(16)13-18/h2-13,21H,14H2,1H3,(H,23,24)/b11-8+,22-15-. The molecule has 0 atom stereocenters. The molecule has 25 heavy (non-hydrogen) atoms. The summed E-state index contributed by atoms with van der Waals surface area (Å²) in [5.41, 5.74) is 4.10. The Labute approximate surface area is 146 Å². The van der Waals surface area contributed by atoms with E-state index >= 15 is 0 Å². The molecule has 2 aromatic carbocycles. The van der Waals surface area contributed by atoms with Gasteiger partial charge in [0.25, 0.3) is 5.91 Å². The Morgan fingerprint density at radius 3 is 2.76 bits per heavy atom. The van der Waals surface area contributed by atoms with Gasteiger partial charge in [-0.05, 0) is 54.1 Å². The topological polar surface area (TPSA) is 66.6 Å². The molecule has 0 aliphatic heterocycles. The number of nitrogens with one attached hydrogen (secondary N) is 2. The SMILES string of the molecule is CC(/C=C/c1ccco1)=N/NC(=O)CNc1ccc2ccccc2c1. The highest BCUT2D eigenvalue weighted by atomic mass is 16.3. The van der Waals surface area contributed by atoms with Crippen LogP contribution < -0.4 is 10.7 Å². The van der Waals surface area contributed by atoms with E-state index < -0.39 is 0 Å². The zero-order chi connectivity index (χ0) is 17.5. The zero-order valence-corrected chi connectivity index (χ0v) is 13.9. The second-order valence-electron chi connectivity index (χ2n) is 5.55. The average Bonchev–Trinajstić information content (AvgIpc) is 3.16. The number of hydrogen-bond donors (Lipinski definition) is 2. The molecular weight excluding hydrogens is 314 g/mol. The van der Waals surface area contributed by atoms with Crippen molar-refractivity contribution in [3.8, 4) is 0 Å². The molecule has 3 rings (SSSR count). The Kier molecular flexibility index (Phi) is 5.26. The van der Waals surface area contributed by atoms with Crippen molar-refractivity contribution in [1.82, 2.24) is 5.43 Å². The summed E-state index contributed by atoms with van der Waals surface area (Å²) in [5.74, 6) is 0.526. The van der Waals surface area contributed by atoms with Crippen LogP contribution in [0, 0.1) is 0 Å². The lowest BCUT2D eigenvalue weighted by Crippen LogP contribution is -2.26. The Morgan fingerprint density at radius 2 is 1.96 bits per heavy atom. The van der Waals surface area contributed by atoms with Crippen LogP contribution in [-0.4, -0.2) is 18.2 Å². The zero-order valence-electron chi connectivity index (χ0n) is 13.9. The van der Waals surface area contributed by atoms with Gasteiger partial charge in [-0.3, -0.25) is 4.79 Å². The van der Waals surface area contributed by atoms with Crippen LogP contribution in [0.2, 0.25) is 0 Å². The van der Waals surface area contributed by atoms with Crippen LogP contribution in [0.25, 0.3) is 16.8 Å². The van der Waals surface area contributed by atoms with Gasteiger partial charge in [-0.2, -0.15) is 5.10 Å². The summed E-state index contributed by atoms with van der Waals surface area (Å²) in [6, 6.07) is 17.7. The maximum Gasteiger partial charge on any atom is 0.259 e. The lowest BCUT2D eigenvalue weighted by Gasteiger charge is -2.07. The van der Waals surface area contributed by atoms with Crippen molar-refractivity contribution < 1.29 is 9.21 Å². The van der Waals surface area contributed by atoms with E-state index in [2.05, 4.69) is 21.9 Å². The second kappa shape index (κ2) is 7.97. The largest absolute Gasteiger partial charge is 0.465 e. The molecule has 0 saturated heterocycles. The molecule has 0 radical (unpaired) electrons. The summed E-state index contributed by atoms with van der Waals surface area (Å²) in [7, 11) is 0. The van der Waals surface area contributed by atoms with Gasteiger partial charge in [0.05, 0.1) is 18.5 Å². The monoisotopic (exact) mass is 333 g/mol. The molecule has 0 unspecified atom stereocenters. The van der Waals surface area contributed by atoms with Crippen LogP contribution in [0.15, 0.2) is 76.5 Å². The fraction of sp³-hybridized carbons (Fsp3) is 0.100. The number of furan rings is 1. The number of carbonyl (C=O) groups excluding carboxylic acids is 1. The number of benzene rings is 2. The normalized spacial score (nSPS) is 11.8. The van der Waals surface area contributed by atoms with Gasteiger partial charge in [0, 0.05) is 5.69 Å². The second-order valence-corrected chi connectivity index (χ2v) is 5.55. The first-order chi connectivity index (χ1) is 12.2. The number of nitrogens with zero attached hydrogens (tertiary/aromatic N) is 1. The molecule has 0 aliphatic carbocycles. The first kappa shape index (κ1) is 16.5. The quantitative estimate of drug-likeness (QED) is 0.528. The van der Waals surface area contributed by atoms with Gasteiger partial charge >= 0.3 is 0 Å². The average molecular weight is 333 g/mol. The smallest absolute Gasteiger partial charge is 0.259 e. The molecule has 0 fully saturated rings. The number of allylic oxidation sites excluding steroid dienone is 1. The fourth-order valence-corrected chi connectivity index (χ4v) is 2.30. The maximum absolute atomic E-state index is 11.9. The summed E-state index contributed by atoms with van der Waals surface area (Å²) >= 11 is 0. The molecule has 2 N–H and O–H groups in total. The highest BCUT2D eigenvalue weighted by molar-refractivity contribution is 5.97. The molecule has 0 aliphatic rings. The lowest BCUT2D eigenvalue weighted by molar-refractivity contribution is -0.119. The van der Waals surface area contributed by atoms with E-state index in [1.165, 1.54) is 5.39 Å². The molecule has 0 spiro atoms. The third kappa shape index (κ3) is 4.81. The molecule has 5 nitrogen and oxygen atoms in total. The Bertz CT molecular complexity index is 912. The molecule has 5 heteroatoms. The van der Waals surface area contributed by atoms with E-state index in [0.29, 0.717) is 5.71 Å². The van der Waals surface area contributed by atoms with Gasteiger partial charge in [-0.25, -0.2) is 5.43 Å². The minimum atomic E-state index is -0.209. The van der Waals surface area contributed by atoms with Crippen molar-refractivity contribution in [3.05, 3.63) is 72.7 Å². The number of fused-ring (bicyclic) bond motifs is 1. The van der Waals surface area contributed by atoms with Gasteiger partial charge in [0.2, 0.25) is 0 Å². The summed E-state index contributed by atoms with van der Waals surface area (Å²) in [6.45, 7) is 1.95. The van der Waals surface area contributed by atoms with Gasteiger partial charge in [0.15, 0.2) is 0 Å². The van der Waals surface area contributed by atoms with Crippen molar-refractivity contribution >= 4 is 34.2 Å². The molecule has 0 bridgehead atoms. The lowest BCUT2D eigenvalue weighted by atomic mass is 10.1. The third-order valence-electron chi connectivity index (χ3n) is 3.59. The molecular formula is C20H19N3O2. The van der Waals surface area contributed by atoms with Crippen LogP contribution in [0.1, 0.15) is 12.7 Å². The van der Waals surface area contributed by atoms with E-state index in [4.69, 9.17) is 4.42 Å². The first-order valence-electron chi connectivity index (χ1n) is 7.98. The van der Waals surface area contributed by atoms with E-state index in [0.717, 1.165) is 16.8 Å². The molecule has 1 amide bonds. The van der Waals surface area contributed by atoms with Gasteiger partial charge in [-0.15, -0.1) is 0 Å². The Balaban J connectivity index is 1.50. The van der Waals surface area contributed by atoms with Crippen molar-refractivity contribution in [3.63, 3.8) is 0 Å². The van der Waals surface area contributed by atoms with E-state index in [1.807, 2.05) is 48.5 Å². The van der Waals surface area contributed by atoms with E-state index in [9.17, 15) is 4.79 Å². The summed E-state index contributed by atoms with van der Waals surface area (Å²) in [5, 5.41) is 9.43. The van der Waals surface area contributed by atoms with Crippen LogP contribution in [0.5, 0.6) is 0 Å². The minimum absolute atomic E-state index is 0.150. The van der Waals surface area contributed by atoms with Gasteiger partial charge in [0.1, 0.15) is 5.76 Å². The summed E-state index contributed by atoms with van der Waals surface area (Å²) in [6.07, 6.45) is 5.17. The predicted molar refractivity (Wildman–Crippen MR) is 101 cm³/mol. The Hall–Kier alpha value is -3.34. The van der Waals surface area contributed by atoms with Crippen molar-refractivity contribution in [2.24, 2.45) is 5.10 Å². The summed E-state index contributed by atoms with van der Waals surface area (Å²) < 4.78 is 5.19. The first-order valence-corrected chi connectivity index (χ1v) is 7.98. The molecule has 0 saturated carbocycles. The maximum atomic E-state index is 11.9. The summed E-state index contributed by atoms with van der Waals surface area (Å²) in [4.78, 5) is 11.9. The molecule has 126 valence electrons. The number of amides is 1. The highest BCUT2D eigenvalue weighted by Gasteiger charge is 2.01. The van der Waals surface area contributed by atoms with Crippen LogP contribution in [0.3, 0.4) is 0 Å². The Morgan fingerprint density at radius 1 is 1.12 bits per heavy atom. The number of carbonyl (C=O) groups is 1. The van der Waals surface area contributed by atoms with E-state index in [1.54, 1.807) is 25.3 Å². The molecule has 3 aromatic rings. The predicted octanol–water partition coefficient (Wildman–Crippen LogP) is 4.05. The van der Waals surface area contributed by atoms with Crippen molar-refractivity contribution in [1.29, 1.82) is 0 Å². The van der Waals surface area contributed by atoms with Gasteiger partial charge < -0.3 is 9.73 Å². The fourth-order valence-electron chi connectivity index (χ4n) is 2.30. The van der Waals surface area contributed by atoms with Gasteiger partial charge in [-0.1, -0.05) is 30.3 Å². The van der Waals surface area contributed by atoms with Crippen LogP contribution >= 0.6 is 0 Å². The highest BCUT2D eigenvalue weighted by Crippen LogP contribution is 2.18. The number of hydrazone groups is 1. The van der Waals surface area contributed by atoms with Crippen molar-refractivity contribution in [2.45, 2.75) is 6.92 Å². The van der Waals surface area contributed by atoms with Crippen LogP contribution in [-0.2, 0) is 4.79 Å². The molecule has 1 heterocycles. The van der Waals surface area contributed by atoms with E-state index in [-0.39, 0.29) is 12.5 Å². The van der Waals surface area contributed by atoms with Crippen LogP contribution in [0.4, 0.5) is 5.69 Å². The number of rotatable bonds is 6. The van der Waals surface area contributed by atoms with Crippen molar-refractivity contribution in [2.75, 3.05) is 11.9 Å². The minimum Gasteiger partial charge on any atom is -0.465 e. The number of hydrogen-bond acceptors (Lipinski definition) is 4. The third-order valence-corrected chi connectivity index (χ3v) is 3.59. The number of anilines is 1.